The second kappa shape index (κ2) is 15.3. The SMILES string of the molecule is c1ccc(-c2cc(-c3ccccc3)cc(-c3ccc(N(c4ccc(-c5cccc(-c6ccc7ccccc7c6)c5)cc4)c4cccc5c4sc4ccccc45)cc3)c2)cc1. The Morgan fingerprint density at radius 1 is 0.267 bits per heavy atom. The average Bonchev–Trinajstić information content (AvgIpc) is 3.72. The van der Waals surface area contributed by atoms with Crippen molar-refractivity contribution in [2.75, 3.05) is 4.90 Å². The molecule has 0 aliphatic heterocycles. The van der Waals surface area contributed by atoms with E-state index in [2.05, 4.69) is 241 Å². The molecule has 10 aromatic carbocycles. The van der Waals surface area contributed by atoms with E-state index in [4.69, 9.17) is 0 Å². The molecule has 1 nitrogen and oxygen atoms in total. The molecule has 0 unspecified atom stereocenters. The third kappa shape index (κ3) is 6.73. The molecule has 0 atom stereocenters. The Morgan fingerprint density at radius 2 is 0.700 bits per heavy atom. The average molecular weight is 782 g/mol. The number of rotatable bonds is 8. The van der Waals surface area contributed by atoms with E-state index in [1.165, 1.54) is 92.3 Å². The highest BCUT2D eigenvalue weighted by Crippen LogP contribution is 2.45. The Labute approximate surface area is 354 Å². The molecule has 2 heteroatoms. The van der Waals surface area contributed by atoms with Crippen LogP contribution in [0.25, 0.3) is 86.6 Å². The van der Waals surface area contributed by atoms with Gasteiger partial charge in [-0.2, -0.15) is 0 Å². The van der Waals surface area contributed by atoms with E-state index >= 15 is 0 Å². The largest absolute Gasteiger partial charge is 0.309 e. The van der Waals surface area contributed by atoms with E-state index in [9.17, 15) is 0 Å². The molecule has 282 valence electrons. The van der Waals surface area contributed by atoms with Gasteiger partial charge in [-0.1, -0.05) is 170 Å². The van der Waals surface area contributed by atoms with Crippen molar-refractivity contribution in [3.05, 3.63) is 237 Å². The number of nitrogens with zero attached hydrogens (tertiary/aromatic N) is 1. The Hall–Kier alpha value is -7.52. The zero-order chi connectivity index (χ0) is 39.8. The molecule has 0 amide bonds. The lowest BCUT2D eigenvalue weighted by Gasteiger charge is -2.26. The standard InChI is InChI=1S/C58H39NS/c1-3-13-40(14-4-1)49-37-50(41-15-5-2-6-16-41)39-51(38-49)44-29-33-53(34-30-44)59(56-23-12-22-55-54-21-9-10-24-57(54)60-58(55)56)52-31-27-43(28-32-52)46-19-11-20-47(35-46)48-26-25-42-17-7-8-18-45(42)36-48/h1-39H. The van der Waals surface area contributed by atoms with Crippen LogP contribution < -0.4 is 4.90 Å². The van der Waals surface area contributed by atoms with Crippen molar-refractivity contribution >= 4 is 59.3 Å². The molecule has 0 N–H and O–H groups in total. The van der Waals surface area contributed by atoms with Crippen molar-refractivity contribution in [3.63, 3.8) is 0 Å². The summed E-state index contributed by atoms with van der Waals surface area (Å²) in [5.74, 6) is 0. The van der Waals surface area contributed by atoms with Gasteiger partial charge in [-0.15, -0.1) is 11.3 Å². The molecule has 1 aromatic heterocycles. The number of anilines is 3. The summed E-state index contributed by atoms with van der Waals surface area (Å²) >= 11 is 1.86. The van der Waals surface area contributed by atoms with Crippen molar-refractivity contribution in [1.82, 2.24) is 0 Å². The predicted octanol–water partition coefficient (Wildman–Crippen LogP) is 17.0. The van der Waals surface area contributed by atoms with E-state index in [0.29, 0.717) is 0 Å². The maximum absolute atomic E-state index is 2.42. The summed E-state index contributed by atoms with van der Waals surface area (Å²) in [6.07, 6.45) is 0. The van der Waals surface area contributed by atoms with E-state index in [0.717, 1.165) is 11.4 Å². The summed E-state index contributed by atoms with van der Waals surface area (Å²) in [4.78, 5) is 2.42. The predicted molar refractivity (Wildman–Crippen MR) is 259 cm³/mol. The van der Waals surface area contributed by atoms with Gasteiger partial charge in [0.1, 0.15) is 0 Å². The molecule has 0 aliphatic carbocycles. The number of fused-ring (bicyclic) bond motifs is 4. The highest BCUT2D eigenvalue weighted by atomic mass is 32.1. The molecule has 0 saturated carbocycles. The number of hydrogen-bond donors (Lipinski definition) is 0. The zero-order valence-corrected chi connectivity index (χ0v) is 33.7. The second-order valence-corrected chi connectivity index (χ2v) is 16.4. The van der Waals surface area contributed by atoms with Gasteiger partial charge in [0.05, 0.1) is 10.4 Å². The van der Waals surface area contributed by atoms with Crippen LogP contribution in [0.4, 0.5) is 17.1 Å². The van der Waals surface area contributed by atoms with Crippen LogP contribution in [-0.4, -0.2) is 0 Å². The van der Waals surface area contributed by atoms with Crippen LogP contribution in [0.5, 0.6) is 0 Å². The van der Waals surface area contributed by atoms with Crippen molar-refractivity contribution in [1.29, 1.82) is 0 Å². The molecule has 0 spiro atoms. The van der Waals surface area contributed by atoms with Gasteiger partial charge in [-0.3, -0.25) is 0 Å². The quantitative estimate of drug-likeness (QED) is 0.148. The number of thiophene rings is 1. The first-order chi connectivity index (χ1) is 29.7. The van der Waals surface area contributed by atoms with E-state index in [1.54, 1.807) is 0 Å². The van der Waals surface area contributed by atoms with Crippen LogP contribution in [0.3, 0.4) is 0 Å². The fourth-order valence-corrected chi connectivity index (χ4v) is 9.78. The molecule has 0 aliphatic rings. The highest BCUT2D eigenvalue weighted by molar-refractivity contribution is 7.26. The Kier molecular flexibility index (Phi) is 9.11. The first-order valence-electron chi connectivity index (χ1n) is 20.5. The molecule has 11 rings (SSSR count). The normalized spacial score (nSPS) is 11.3. The van der Waals surface area contributed by atoms with E-state index < -0.39 is 0 Å². The fraction of sp³-hybridized carbons (Fsp3) is 0. The third-order valence-electron chi connectivity index (χ3n) is 11.6. The smallest absolute Gasteiger partial charge is 0.0640 e. The second-order valence-electron chi connectivity index (χ2n) is 15.4. The topological polar surface area (TPSA) is 3.24 Å². The molecular formula is C58H39NS. The number of hydrogen-bond acceptors (Lipinski definition) is 2. The maximum atomic E-state index is 2.42. The van der Waals surface area contributed by atoms with Gasteiger partial charge in [-0.05, 0) is 133 Å². The third-order valence-corrected chi connectivity index (χ3v) is 12.8. The summed E-state index contributed by atoms with van der Waals surface area (Å²) in [5.41, 5.74) is 15.4. The van der Waals surface area contributed by atoms with Gasteiger partial charge in [0, 0.05) is 26.8 Å². The summed E-state index contributed by atoms with van der Waals surface area (Å²) < 4.78 is 2.57. The van der Waals surface area contributed by atoms with Crippen molar-refractivity contribution in [2.45, 2.75) is 0 Å². The van der Waals surface area contributed by atoms with Gasteiger partial charge in [0.25, 0.3) is 0 Å². The maximum Gasteiger partial charge on any atom is 0.0640 e. The van der Waals surface area contributed by atoms with Crippen LogP contribution in [0.15, 0.2) is 237 Å². The Balaban J connectivity index is 0.998. The summed E-state index contributed by atoms with van der Waals surface area (Å²) in [5, 5.41) is 5.09. The molecule has 11 aromatic rings. The van der Waals surface area contributed by atoms with Crippen LogP contribution in [0, 0.1) is 0 Å². The molecule has 1 heterocycles. The van der Waals surface area contributed by atoms with E-state index in [-0.39, 0.29) is 0 Å². The first-order valence-corrected chi connectivity index (χ1v) is 21.3. The molecule has 0 radical (unpaired) electrons. The monoisotopic (exact) mass is 781 g/mol. The van der Waals surface area contributed by atoms with Crippen LogP contribution in [0.1, 0.15) is 0 Å². The first kappa shape index (κ1) is 35.6. The minimum atomic E-state index is 1.11. The Bertz CT molecular complexity index is 3230. The number of benzene rings is 10. The van der Waals surface area contributed by atoms with Gasteiger partial charge in [-0.25, -0.2) is 0 Å². The lowest BCUT2D eigenvalue weighted by molar-refractivity contribution is 1.30. The van der Waals surface area contributed by atoms with Crippen molar-refractivity contribution in [2.24, 2.45) is 0 Å². The fourth-order valence-electron chi connectivity index (χ4n) is 8.58. The molecule has 0 bridgehead atoms. The van der Waals surface area contributed by atoms with E-state index in [1.807, 2.05) is 11.3 Å². The Morgan fingerprint density at radius 3 is 1.35 bits per heavy atom. The van der Waals surface area contributed by atoms with Crippen LogP contribution in [-0.2, 0) is 0 Å². The zero-order valence-electron chi connectivity index (χ0n) is 32.9. The van der Waals surface area contributed by atoms with Gasteiger partial charge in [0.2, 0.25) is 0 Å². The molecule has 0 fully saturated rings. The summed E-state index contributed by atoms with van der Waals surface area (Å²) in [6, 6.07) is 86.2. The minimum absolute atomic E-state index is 1.11. The molecular weight excluding hydrogens is 743 g/mol. The van der Waals surface area contributed by atoms with Crippen LogP contribution >= 0.6 is 11.3 Å². The van der Waals surface area contributed by atoms with Crippen LogP contribution in [0.2, 0.25) is 0 Å². The molecule has 60 heavy (non-hydrogen) atoms. The minimum Gasteiger partial charge on any atom is -0.309 e. The van der Waals surface area contributed by atoms with Gasteiger partial charge in [0.15, 0.2) is 0 Å². The lowest BCUT2D eigenvalue weighted by Crippen LogP contribution is -2.10. The molecule has 0 saturated heterocycles. The summed E-state index contributed by atoms with van der Waals surface area (Å²) in [6.45, 7) is 0. The highest BCUT2D eigenvalue weighted by Gasteiger charge is 2.19. The van der Waals surface area contributed by atoms with Gasteiger partial charge >= 0.3 is 0 Å². The summed E-state index contributed by atoms with van der Waals surface area (Å²) in [7, 11) is 0. The van der Waals surface area contributed by atoms with Crippen molar-refractivity contribution in [3.8, 4) is 55.6 Å². The van der Waals surface area contributed by atoms with Crippen molar-refractivity contribution < 1.29 is 0 Å². The lowest BCUT2D eigenvalue weighted by atomic mass is 9.93. The van der Waals surface area contributed by atoms with Gasteiger partial charge < -0.3 is 4.90 Å².